The van der Waals surface area contributed by atoms with Gasteiger partial charge < -0.3 is 5.32 Å². The SMILES string of the molecule is N#Cc1ccc(NC(=O)CSc2n[nH]c3nc4ccccc4n23)cc1. The summed E-state index contributed by atoms with van der Waals surface area (Å²) >= 11 is 1.33. The Morgan fingerprint density at radius 3 is 2.84 bits per heavy atom. The van der Waals surface area contributed by atoms with Gasteiger partial charge in [0, 0.05) is 5.69 Å². The molecular weight excluding hydrogens is 336 g/mol. The van der Waals surface area contributed by atoms with Gasteiger partial charge in [-0.3, -0.25) is 9.20 Å². The molecule has 8 heteroatoms. The Morgan fingerprint density at radius 1 is 1.24 bits per heavy atom. The topological polar surface area (TPSA) is 98.9 Å². The number of imidazole rings is 1. The van der Waals surface area contributed by atoms with E-state index in [9.17, 15) is 4.79 Å². The lowest BCUT2D eigenvalue weighted by atomic mass is 10.2. The maximum absolute atomic E-state index is 12.1. The van der Waals surface area contributed by atoms with Gasteiger partial charge in [0.15, 0.2) is 5.16 Å². The minimum Gasteiger partial charge on any atom is -0.325 e. The van der Waals surface area contributed by atoms with Crippen LogP contribution in [-0.2, 0) is 4.79 Å². The van der Waals surface area contributed by atoms with E-state index in [1.807, 2.05) is 34.7 Å². The highest BCUT2D eigenvalue weighted by molar-refractivity contribution is 7.99. The van der Waals surface area contributed by atoms with E-state index in [1.165, 1.54) is 11.8 Å². The summed E-state index contributed by atoms with van der Waals surface area (Å²) in [5, 5.41) is 19.4. The Morgan fingerprint density at radius 2 is 2.04 bits per heavy atom. The van der Waals surface area contributed by atoms with E-state index in [2.05, 4.69) is 20.5 Å². The predicted molar refractivity (Wildman–Crippen MR) is 95.4 cm³/mol. The minimum atomic E-state index is -0.143. The van der Waals surface area contributed by atoms with Crippen molar-refractivity contribution in [3.63, 3.8) is 0 Å². The lowest BCUT2D eigenvalue weighted by Crippen LogP contribution is -2.14. The van der Waals surface area contributed by atoms with Crippen LogP contribution in [0.3, 0.4) is 0 Å². The number of thioether (sulfide) groups is 1. The summed E-state index contributed by atoms with van der Waals surface area (Å²) in [5.41, 5.74) is 3.03. The van der Waals surface area contributed by atoms with E-state index in [4.69, 9.17) is 5.26 Å². The van der Waals surface area contributed by atoms with Crippen molar-refractivity contribution in [2.45, 2.75) is 5.16 Å². The average molecular weight is 348 g/mol. The summed E-state index contributed by atoms with van der Waals surface area (Å²) in [5.74, 6) is 0.721. The highest BCUT2D eigenvalue weighted by atomic mass is 32.2. The first-order chi connectivity index (χ1) is 12.2. The molecule has 7 nitrogen and oxygen atoms in total. The number of carbonyl (C=O) groups excluding carboxylic acids is 1. The molecule has 0 atom stereocenters. The van der Waals surface area contributed by atoms with Gasteiger partial charge in [-0.25, -0.2) is 10.1 Å². The molecule has 0 aliphatic rings. The van der Waals surface area contributed by atoms with E-state index in [0.29, 0.717) is 22.2 Å². The van der Waals surface area contributed by atoms with Crippen molar-refractivity contribution in [2.24, 2.45) is 0 Å². The number of rotatable bonds is 4. The second kappa shape index (κ2) is 6.30. The van der Waals surface area contributed by atoms with E-state index in [1.54, 1.807) is 24.3 Å². The van der Waals surface area contributed by atoms with Crippen LogP contribution in [0, 0.1) is 11.3 Å². The highest BCUT2D eigenvalue weighted by Gasteiger charge is 2.13. The number of anilines is 1. The number of nitrogens with one attached hydrogen (secondary N) is 2. The average Bonchev–Trinajstić information content (AvgIpc) is 3.20. The molecule has 0 aliphatic carbocycles. The summed E-state index contributed by atoms with van der Waals surface area (Å²) in [7, 11) is 0. The number of aromatic nitrogens is 4. The van der Waals surface area contributed by atoms with Gasteiger partial charge in [-0.15, -0.1) is 5.10 Å². The molecule has 25 heavy (non-hydrogen) atoms. The van der Waals surface area contributed by atoms with Crippen molar-refractivity contribution in [1.82, 2.24) is 19.6 Å². The molecule has 0 saturated carbocycles. The molecule has 4 aromatic rings. The van der Waals surface area contributed by atoms with Crippen LogP contribution in [0.15, 0.2) is 53.7 Å². The molecule has 0 aliphatic heterocycles. The van der Waals surface area contributed by atoms with Crippen LogP contribution >= 0.6 is 11.8 Å². The maximum atomic E-state index is 12.1. The first kappa shape index (κ1) is 15.2. The van der Waals surface area contributed by atoms with E-state index in [0.717, 1.165) is 11.0 Å². The van der Waals surface area contributed by atoms with Gasteiger partial charge in [-0.1, -0.05) is 23.9 Å². The van der Waals surface area contributed by atoms with Gasteiger partial charge in [-0.05, 0) is 36.4 Å². The zero-order chi connectivity index (χ0) is 17.2. The van der Waals surface area contributed by atoms with Crippen molar-refractivity contribution in [3.05, 3.63) is 54.1 Å². The molecule has 0 spiro atoms. The van der Waals surface area contributed by atoms with Crippen LogP contribution < -0.4 is 5.32 Å². The number of aromatic amines is 1. The first-order valence-electron chi connectivity index (χ1n) is 7.49. The number of hydrogen-bond donors (Lipinski definition) is 2. The summed E-state index contributed by atoms with van der Waals surface area (Å²) in [4.78, 5) is 16.6. The van der Waals surface area contributed by atoms with Gasteiger partial charge in [0.25, 0.3) is 0 Å². The number of amides is 1. The van der Waals surface area contributed by atoms with Crippen molar-refractivity contribution < 1.29 is 4.79 Å². The normalized spacial score (nSPS) is 10.8. The smallest absolute Gasteiger partial charge is 0.234 e. The number of fused-ring (bicyclic) bond motifs is 3. The molecule has 2 aromatic carbocycles. The van der Waals surface area contributed by atoms with Crippen LogP contribution in [0.4, 0.5) is 5.69 Å². The van der Waals surface area contributed by atoms with Crippen molar-refractivity contribution in [3.8, 4) is 6.07 Å². The minimum absolute atomic E-state index is 0.143. The molecule has 0 unspecified atom stereocenters. The number of benzene rings is 2. The number of nitrogens with zero attached hydrogens (tertiary/aromatic N) is 4. The lowest BCUT2D eigenvalue weighted by Gasteiger charge is -2.04. The number of hydrogen-bond acceptors (Lipinski definition) is 5. The fourth-order valence-corrected chi connectivity index (χ4v) is 3.25. The molecule has 2 heterocycles. The molecule has 0 bridgehead atoms. The molecule has 1 amide bonds. The van der Waals surface area contributed by atoms with Crippen LogP contribution in [0.5, 0.6) is 0 Å². The summed E-state index contributed by atoms with van der Waals surface area (Å²) < 4.78 is 1.90. The lowest BCUT2D eigenvalue weighted by molar-refractivity contribution is -0.113. The zero-order valence-corrected chi connectivity index (χ0v) is 13.7. The quantitative estimate of drug-likeness (QED) is 0.553. The monoisotopic (exact) mass is 348 g/mol. The number of carbonyl (C=O) groups is 1. The van der Waals surface area contributed by atoms with E-state index >= 15 is 0 Å². The standard InChI is InChI=1S/C17H12N6OS/c18-9-11-5-7-12(8-6-11)19-15(24)10-25-17-22-21-16-20-13-3-1-2-4-14(13)23(16)17/h1-8H,10H2,(H,19,24)(H,20,21). The first-order valence-corrected chi connectivity index (χ1v) is 8.47. The molecule has 0 fully saturated rings. The van der Waals surface area contributed by atoms with Gasteiger partial charge in [0.1, 0.15) is 0 Å². The Kier molecular flexibility index (Phi) is 3.84. The molecule has 2 aromatic heterocycles. The third-order valence-electron chi connectivity index (χ3n) is 3.63. The molecular formula is C17H12N6OS. The van der Waals surface area contributed by atoms with Crippen molar-refractivity contribution in [1.29, 1.82) is 5.26 Å². The van der Waals surface area contributed by atoms with Crippen molar-refractivity contribution in [2.75, 3.05) is 11.1 Å². The van der Waals surface area contributed by atoms with Gasteiger partial charge in [0.2, 0.25) is 11.7 Å². The van der Waals surface area contributed by atoms with E-state index < -0.39 is 0 Å². The fraction of sp³-hybridized carbons (Fsp3) is 0.0588. The predicted octanol–water partition coefficient (Wildman–Crippen LogP) is 2.81. The molecule has 0 radical (unpaired) electrons. The largest absolute Gasteiger partial charge is 0.325 e. The number of para-hydroxylation sites is 2. The Bertz CT molecular complexity index is 1110. The van der Waals surface area contributed by atoms with Gasteiger partial charge >= 0.3 is 0 Å². The highest BCUT2D eigenvalue weighted by Crippen LogP contribution is 2.23. The van der Waals surface area contributed by atoms with Crippen LogP contribution in [0.1, 0.15) is 5.56 Å². The molecule has 2 N–H and O–H groups in total. The van der Waals surface area contributed by atoms with Crippen LogP contribution in [-0.4, -0.2) is 31.2 Å². The Hall–Kier alpha value is -3.31. The van der Waals surface area contributed by atoms with Crippen LogP contribution in [0.2, 0.25) is 0 Å². The van der Waals surface area contributed by atoms with Gasteiger partial charge in [0.05, 0.1) is 28.4 Å². The zero-order valence-electron chi connectivity index (χ0n) is 12.9. The number of nitriles is 1. The molecule has 122 valence electrons. The summed E-state index contributed by atoms with van der Waals surface area (Å²) in [6, 6.07) is 16.6. The Labute approximate surface area is 146 Å². The second-order valence-electron chi connectivity index (χ2n) is 5.29. The van der Waals surface area contributed by atoms with Crippen molar-refractivity contribution >= 4 is 40.2 Å². The third-order valence-corrected chi connectivity index (χ3v) is 4.57. The summed E-state index contributed by atoms with van der Waals surface area (Å²) in [6.45, 7) is 0. The second-order valence-corrected chi connectivity index (χ2v) is 6.23. The third kappa shape index (κ3) is 2.93. The maximum Gasteiger partial charge on any atom is 0.234 e. The van der Waals surface area contributed by atoms with Gasteiger partial charge in [-0.2, -0.15) is 5.26 Å². The van der Waals surface area contributed by atoms with E-state index in [-0.39, 0.29) is 11.7 Å². The summed E-state index contributed by atoms with van der Waals surface area (Å²) in [6.07, 6.45) is 0. The van der Waals surface area contributed by atoms with Crippen LogP contribution in [0.25, 0.3) is 16.8 Å². The Balaban J connectivity index is 1.48. The molecule has 0 saturated heterocycles. The fourth-order valence-electron chi connectivity index (χ4n) is 2.49. The molecule has 4 rings (SSSR count). The number of H-pyrrole nitrogens is 1.